The minimum atomic E-state index is -2.12. The van der Waals surface area contributed by atoms with E-state index in [9.17, 15) is 15.3 Å². The lowest BCUT2D eigenvalue weighted by Gasteiger charge is -2.28. The Morgan fingerprint density at radius 3 is 1.93 bits per heavy atom. The van der Waals surface area contributed by atoms with Gasteiger partial charge >= 0.3 is 5.91 Å². The standard InChI is InChI=1S/C18H24N6O3/c1-10(2)23-26-18(27-24-11(3)4)17(9-20)12(13(25)15(5,6)7)16(17,8-19)14(21)22-18/h12H,1-7H3,(H2,21,22)/t12-,16-,17-/m1/s1. The van der Waals surface area contributed by atoms with Gasteiger partial charge < -0.3 is 15.4 Å². The number of rotatable bonds is 5. The number of Topliss-reactive ketones (excluding diaryl/α,β-unsaturated/α-hetero) is 1. The van der Waals surface area contributed by atoms with Crippen LogP contribution in [0.4, 0.5) is 0 Å². The summed E-state index contributed by atoms with van der Waals surface area (Å²) in [6.45, 7) is 11.8. The Morgan fingerprint density at radius 2 is 1.59 bits per heavy atom. The van der Waals surface area contributed by atoms with Crippen molar-refractivity contribution in [2.24, 2.45) is 43.2 Å². The van der Waals surface area contributed by atoms with Crippen LogP contribution in [0.5, 0.6) is 0 Å². The first-order valence-electron chi connectivity index (χ1n) is 8.47. The van der Waals surface area contributed by atoms with Crippen LogP contribution >= 0.6 is 0 Å². The molecule has 0 amide bonds. The van der Waals surface area contributed by atoms with Gasteiger partial charge in [0.1, 0.15) is 11.6 Å². The van der Waals surface area contributed by atoms with E-state index in [-0.39, 0.29) is 11.6 Å². The third kappa shape index (κ3) is 2.49. The number of oxime groups is 2. The zero-order chi connectivity index (χ0) is 20.8. The third-order valence-electron chi connectivity index (χ3n) is 4.63. The quantitative estimate of drug-likeness (QED) is 0.444. The van der Waals surface area contributed by atoms with Gasteiger partial charge in [-0.3, -0.25) is 4.79 Å². The molecule has 1 heterocycles. The van der Waals surface area contributed by atoms with Crippen LogP contribution in [0.15, 0.2) is 15.3 Å². The number of hydrogen-bond donors (Lipinski definition) is 1. The van der Waals surface area contributed by atoms with E-state index < -0.39 is 28.1 Å². The van der Waals surface area contributed by atoms with Crippen molar-refractivity contribution in [3.8, 4) is 12.1 Å². The van der Waals surface area contributed by atoms with Gasteiger partial charge in [-0.1, -0.05) is 31.1 Å². The number of carbonyl (C=O) groups excluding carboxylic acids is 1. The summed E-state index contributed by atoms with van der Waals surface area (Å²) in [4.78, 5) is 28.2. The fourth-order valence-corrected chi connectivity index (χ4v) is 3.36. The van der Waals surface area contributed by atoms with Gasteiger partial charge in [-0.15, -0.1) is 0 Å². The van der Waals surface area contributed by atoms with Crippen molar-refractivity contribution in [3.05, 3.63) is 0 Å². The molecular formula is C18H24N6O3. The number of nitrogens with zero attached hydrogens (tertiary/aromatic N) is 5. The zero-order valence-corrected chi connectivity index (χ0v) is 16.6. The van der Waals surface area contributed by atoms with Crippen LogP contribution in [-0.4, -0.2) is 29.0 Å². The van der Waals surface area contributed by atoms with Crippen LogP contribution in [0.1, 0.15) is 48.5 Å². The summed E-state index contributed by atoms with van der Waals surface area (Å²) in [6.07, 6.45) is 0. The summed E-state index contributed by atoms with van der Waals surface area (Å²) < 4.78 is 0. The van der Waals surface area contributed by atoms with Gasteiger partial charge in [-0.25, -0.2) is 0 Å². The Kier molecular flexibility index (Phi) is 4.57. The predicted molar refractivity (Wildman–Crippen MR) is 98.1 cm³/mol. The molecule has 1 aliphatic carbocycles. The van der Waals surface area contributed by atoms with Crippen LogP contribution < -0.4 is 5.73 Å². The van der Waals surface area contributed by atoms with Crippen molar-refractivity contribution in [3.63, 3.8) is 0 Å². The van der Waals surface area contributed by atoms with E-state index in [0.29, 0.717) is 11.4 Å². The molecule has 0 spiro atoms. The summed E-state index contributed by atoms with van der Waals surface area (Å²) in [5.41, 5.74) is 2.83. The number of carbonyl (C=O) groups is 1. The van der Waals surface area contributed by atoms with Gasteiger partial charge in [-0.2, -0.15) is 15.5 Å². The van der Waals surface area contributed by atoms with Gasteiger partial charge in [0, 0.05) is 5.41 Å². The SMILES string of the molecule is CC(C)=NOC1(ON=C(C)C)N=C(N)[C@@]2(C#N)[C@@H](C(=O)C(C)(C)C)[C@@]12C#N. The Hall–Kier alpha value is -2.94. The maximum Gasteiger partial charge on any atom is 0.421 e. The lowest BCUT2D eigenvalue weighted by Crippen LogP contribution is -2.43. The van der Waals surface area contributed by atoms with E-state index in [1.165, 1.54) is 0 Å². The first kappa shape index (κ1) is 20.4. The van der Waals surface area contributed by atoms with Crippen molar-refractivity contribution in [2.75, 3.05) is 0 Å². The molecule has 2 N–H and O–H groups in total. The zero-order valence-electron chi connectivity index (χ0n) is 16.6. The fourth-order valence-electron chi connectivity index (χ4n) is 3.36. The summed E-state index contributed by atoms with van der Waals surface area (Å²) in [7, 11) is 0. The van der Waals surface area contributed by atoms with Gasteiger partial charge in [0.2, 0.25) is 0 Å². The maximum absolute atomic E-state index is 13.1. The molecule has 0 bridgehead atoms. The lowest BCUT2D eigenvalue weighted by atomic mass is 9.84. The van der Waals surface area contributed by atoms with Crippen molar-refractivity contribution < 1.29 is 14.5 Å². The number of hydrogen-bond acceptors (Lipinski definition) is 9. The molecule has 0 radical (unpaired) electrons. The van der Waals surface area contributed by atoms with Gasteiger partial charge in [0.05, 0.1) is 29.5 Å². The Bertz CT molecular complexity index is 826. The van der Waals surface area contributed by atoms with E-state index in [4.69, 9.17) is 15.4 Å². The van der Waals surface area contributed by atoms with Gasteiger partial charge in [-0.05, 0) is 27.7 Å². The minimum Gasteiger partial charge on any atom is -0.386 e. The molecule has 144 valence electrons. The molecule has 9 heteroatoms. The topological polar surface area (TPSA) is 146 Å². The smallest absolute Gasteiger partial charge is 0.386 e. The molecule has 1 saturated carbocycles. The average Bonchev–Trinajstić information content (AvgIpc) is 3.13. The predicted octanol–water partition coefficient (Wildman–Crippen LogP) is 2.10. The van der Waals surface area contributed by atoms with Gasteiger partial charge in [0.15, 0.2) is 10.8 Å². The summed E-state index contributed by atoms with van der Waals surface area (Å²) in [5, 5.41) is 27.7. The molecule has 1 fully saturated rings. The molecule has 1 aliphatic heterocycles. The molecule has 0 aromatic rings. The first-order chi connectivity index (χ1) is 12.4. The van der Waals surface area contributed by atoms with Crippen LogP contribution in [0.25, 0.3) is 0 Å². The van der Waals surface area contributed by atoms with Crippen molar-refractivity contribution >= 4 is 23.0 Å². The highest BCUT2D eigenvalue weighted by Crippen LogP contribution is 2.79. The average molecular weight is 372 g/mol. The number of nitriles is 2. The molecule has 0 saturated heterocycles. The van der Waals surface area contributed by atoms with Crippen LogP contribution in [0.3, 0.4) is 0 Å². The molecule has 0 unspecified atom stereocenters. The normalized spacial score (nSPS) is 30.0. The minimum absolute atomic E-state index is 0.193. The van der Waals surface area contributed by atoms with E-state index in [2.05, 4.69) is 21.4 Å². The van der Waals surface area contributed by atoms with E-state index >= 15 is 0 Å². The maximum atomic E-state index is 13.1. The summed E-state index contributed by atoms with van der Waals surface area (Å²) in [5.74, 6) is -3.70. The lowest BCUT2D eigenvalue weighted by molar-refractivity contribution is -0.262. The Morgan fingerprint density at radius 1 is 1.11 bits per heavy atom. The van der Waals surface area contributed by atoms with E-state index in [0.717, 1.165) is 0 Å². The number of nitrogens with two attached hydrogens (primary N) is 1. The van der Waals surface area contributed by atoms with Crippen molar-refractivity contribution in [1.29, 1.82) is 10.5 Å². The molecule has 2 rings (SSSR count). The van der Waals surface area contributed by atoms with Crippen molar-refractivity contribution in [2.45, 2.75) is 54.4 Å². The Balaban J connectivity index is 2.74. The number of amidine groups is 1. The highest BCUT2D eigenvalue weighted by molar-refractivity contribution is 6.08. The molecule has 0 aromatic heterocycles. The molecule has 9 nitrogen and oxygen atoms in total. The summed E-state index contributed by atoms with van der Waals surface area (Å²) in [6, 6.07) is 4.08. The van der Waals surface area contributed by atoms with Crippen molar-refractivity contribution in [1.82, 2.24) is 0 Å². The number of aliphatic imine (C=N–C) groups is 1. The second kappa shape index (κ2) is 6.05. The second-order valence-corrected chi connectivity index (χ2v) is 8.23. The van der Waals surface area contributed by atoms with Crippen LogP contribution in [-0.2, 0) is 14.5 Å². The molecule has 3 atom stereocenters. The van der Waals surface area contributed by atoms with Crippen LogP contribution in [0.2, 0.25) is 0 Å². The van der Waals surface area contributed by atoms with E-state index in [1.807, 2.05) is 6.07 Å². The first-order valence-corrected chi connectivity index (χ1v) is 8.47. The monoisotopic (exact) mass is 372 g/mol. The molecule has 2 aliphatic rings. The fraction of sp³-hybridized carbons (Fsp3) is 0.667. The summed E-state index contributed by atoms with van der Waals surface area (Å²) >= 11 is 0. The highest BCUT2D eigenvalue weighted by Gasteiger charge is 2.98. The third-order valence-corrected chi connectivity index (χ3v) is 4.63. The largest absolute Gasteiger partial charge is 0.421 e. The highest BCUT2D eigenvalue weighted by atomic mass is 16.8. The number of ketones is 1. The Labute approximate surface area is 158 Å². The van der Waals surface area contributed by atoms with Gasteiger partial charge in [0.25, 0.3) is 0 Å². The number of fused-ring (bicyclic) bond motifs is 1. The molecule has 27 heavy (non-hydrogen) atoms. The van der Waals surface area contributed by atoms with Crippen LogP contribution in [0, 0.1) is 44.8 Å². The molecule has 0 aromatic carbocycles. The second-order valence-electron chi connectivity index (χ2n) is 8.23. The van der Waals surface area contributed by atoms with E-state index in [1.54, 1.807) is 48.5 Å². The molecular weight excluding hydrogens is 348 g/mol.